The van der Waals surface area contributed by atoms with Gasteiger partial charge in [0.25, 0.3) is 0 Å². The first-order valence-electron chi connectivity index (χ1n) is 15.8. The number of fused-ring (bicyclic) bond motifs is 1. The minimum atomic E-state index is -0.514. The lowest BCUT2D eigenvalue weighted by atomic mass is 9.74. The number of pyridine rings is 2. The van der Waals surface area contributed by atoms with Crippen molar-refractivity contribution < 1.29 is 18.7 Å². The average molecular weight is 616 g/mol. The topological polar surface area (TPSA) is 121 Å². The van der Waals surface area contributed by atoms with Crippen LogP contribution in [0.5, 0.6) is 5.75 Å². The van der Waals surface area contributed by atoms with E-state index in [0.717, 1.165) is 30.7 Å². The third-order valence-corrected chi connectivity index (χ3v) is 9.57. The maximum Gasteiger partial charge on any atom is 0.241 e. The van der Waals surface area contributed by atoms with Crippen molar-refractivity contribution in [1.82, 2.24) is 31.0 Å². The van der Waals surface area contributed by atoms with Crippen molar-refractivity contribution in [2.24, 2.45) is 11.8 Å². The lowest BCUT2D eigenvalue weighted by molar-refractivity contribution is -0.128. The van der Waals surface area contributed by atoms with E-state index in [-0.39, 0.29) is 42.3 Å². The number of halogens is 1. The van der Waals surface area contributed by atoms with Gasteiger partial charge in [-0.3, -0.25) is 29.9 Å². The van der Waals surface area contributed by atoms with Crippen LogP contribution in [0.25, 0.3) is 0 Å². The number of benzene rings is 1. The molecule has 6 atom stereocenters. The quantitative estimate of drug-likeness (QED) is 0.301. The molecule has 11 heteroatoms. The summed E-state index contributed by atoms with van der Waals surface area (Å²) >= 11 is 0. The lowest BCUT2D eigenvalue weighted by Crippen LogP contribution is -2.56. The maximum atomic E-state index is 15.0. The zero-order chi connectivity index (χ0) is 31.5. The number of methoxy groups -OCH3 is 1. The van der Waals surface area contributed by atoms with Gasteiger partial charge in [-0.2, -0.15) is 0 Å². The minimum Gasteiger partial charge on any atom is -0.496 e. The number of rotatable bonds is 8. The van der Waals surface area contributed by atoms with Gasteiger partial charge in [-0.25, -0.2) is 9.82 Å². The summed E-state index contributed by atoms with van der Waals surface area (Å²) in [5.41, 5.74) is 10.9. The fourth-order valence-corrected chi connectivity index (χ4v) is 7.19. The van der Waals surface area contributed by atoms with Gasteiger partial charge in [0.2, 0.25) is 11.8 Å². The molecule has 45 heavy (non-hydrogen) atoms. The molecular weight excluding hydrogens is 573 g/mol. The molecule has 1 aliphatic carbocycles. The Labute approximate surface area is 263 Å². The second-order valence-electron chi connectivity index (χ2n) is 12.6. The van der Waals surface area contributed by atoms with Crippen LogP contribution in [0.3, 0.4) is 0 Å². The van der Waals surface area contributed by atoms with Crippen molar-refractivity contribution >= 4 is 17.5 Å². The molecule has 2 amide bonds. The average Bonchev–Trinajstić information content (AvgIpc) is 3.47. The molecular formula is C34H42FN7O3. The molecule has 4 unspecified atom stereocenters. The van der Waals surface area contributed by atoms with E-state index in [0.29, 0.717) is 42.4 Å². The molecule has 1 aromatic carbocycles. The first kappa shape index (κ1) is 31.1. The van der Waals surface area contributed by atoms with Gasteiger partial charge in [-0.05, 0) is 93.8 Å². The van der Waals surface area contributed by atoms with Crippen LogP contribution in [-0.4, -0.2) is 58.5 Å². The minimum absolute atomic E-state index is 0.0482. The zero-order valence-electron chi connectivity index (χ0n) is 26.1. The molecule has 3 aliphatic rings. The Morgan fingerprint density at radius 1 is 1.02 bits per heavy atom. The van der Waals surface area contributed by atoms with Crippen LogP contribution in [0.1, 0.15) is 60.7 Å². The third kappa shape index (κ3) is 7.00. The van der Waals surface area contributed by atoms with E-state index in [9.17, 15) is 9.59 Å². The third-order valence-electron chi connectivity index (χ3n) is 9.57. The first-order valence-corrected chi connectivity index (χ1v) is 15.8. The predicted molar refractivity (Wildman–Crippen MR) is 169 cm³/mol. The Morgan fingerprint density at radius 2 is 1.89 bits per heavy atom. The zero-order valence-corrected chi connectivity index (χ0v) is 26.1. The first-order chi connectivity index (χ1) is 21.8. The fraction of sp³-hybridized carbons (Fsp3) is 0.471. The lowest BCUT2D eigenvalue weighted by Gasteiger charge is -2.40. The number of nitrogens with one attached hydrogen (secondary N) is 4. The Hall–Kier alpha value is -3.93. The highest BCUT2D eigenvalue weighted by molar-refractivity contribution is 5.94. The number of hydrogen-bond donors (Lipinski definition) is 4. The standard InChI is InChI=1S/C34H42FN7O3/c1-20-7-9-24(17-37-20)38-34(44)30-12-10-25(18-42(30)19-27-28(35)5-4-6-31(27)45-3)39-33(43)23-8-11-29-26(16-23)32(41-40-29)22-13-14-36-21(2)15-22/h4-7,9,13-15,17,23,25-26,29-30,32,40-41H,8,10-12,16,18-19H2,1-3H3,(H,38,44)(H,39,43)/t23?,25-,26?,29?,30+,32?/m1/s1. The number of hydrogen-bond acceptors (Lipinski definition) is 8. The maximum absolute atomic E-state index is 15.0. The van der Waals surface area contributed by atoms with E-state index in [4.69, 9.17) is 4.74 Å². The van der Waals surface area contributed by atoms with Gasteiger partial charge in [0, 0.05) is 54.2 Å². The van der Waals surface area contributed by atoms with E-state index in [1.54, 1.807) is 18.3 Å². The molecule has 0 bridgehead atoms. The summed E-state index contributed by atoms with van der Waals surface area (Å²) in [4.78, 5) is 37.8. The van der Waals surface area contributed by atoms with E-state index < -0.39 is 11.9 Å². The molecule has 3 fully saturated rings. The van der Waals surface area contributed by atoms with Crippen LogP contribution < -0.4 is 26.2 Å². The molecule has 0 radical (unpaired) electrons. The monoisotopic (exact) mass is 615 g/mol. The van der Waals surface area contributed by atoms with Crippen molar-refractivity contribution in [2.45, 2.75) is 76.7 Å². The van der Waals surface area contributed by atoms with Crippen LogP contribution in [0.2, 0.25) is 0 Å². The summed E-state index contributed by atoms with van der Waals surface area (Å²) in [7, 11) is 1.51. The molecule has 2 aliphatic heterocycles. The Bertz CT molecular complexity index is 1520. The van der Waals surface area contributed by atoms with Crippen LogP contribution in [-0.2, 0) is 16.1 Å². The van der Waals surface area contributed by atoms with Crippen LogP contribution >= 0.6 is 0 Å². The number of ether oxygens (including phenoxy) is 1. The molecule has 0 spiro atoms. The number of aromatic nitrogens is 2. The Balaban J connectivity index is 1.15. The van der Waals surface area contributed by atoms with Gasteiger partial charge in [0.05, 0.1) is 31.1 Å². The summed E-state index contributed by atoms with van der Waals surface area (Å²) in [5, 5.41) is 6.28. The molecule has 10 nitrogen and oxygen atoms in total. The number of hydrazine groups is 1. The number of piperidine rings is 1. The second-order valence-corrected chi connectivity index (χ2v) is 12.6. The molecule has 6 rings (SSSR count). The Morgan fingerprint density at radius 3 is 2.67 bits per heavy atom. The summed E-state index contributed by atoms with van der Waals surface area (Å²) in [5.74, 6) is 0.0877. The van der Waals surface area contributed by atoms with Gasteiger partial charge < -0.3 is 15.4 Å². The Kier molecular flexibility index (Phi) is 9.39. The summed E-state index contributed by atoms with van der Waals surface area (Å²) in [6.07, 6.45) is 7.12. The fourth-order valence-electron chi connectivity index (χ4n) is 7.19. The van der Waals surface area contributed by atoms with Crippen molar-refractivity contribution in [3.05, 3.63) is 83.2 Å². The number of aryl methyl sites for hydroxylation is 2. The SMILES string of the molecule is COc1cccc(F)c1CN1C[C@H](NC(=O)C2CCC3NNC(c4ccnc(C)c4)C3C2)CC[C@H]1C(=O)Nc1ccc(C)nc1. The van der Waals surface area contributed by atoms with Gasteiger partial charge in [0.1, 0.15) is 11.6 Å². The second kappa shape index (κ2) is 13.6. The van der Waals surface area contributed by atoms with Gasteiger partial charge in [-0.15, -0.1) is 0 Å². The molecule has 238 valence electrons. The summed E-state index contributed by atoms with van der Waals surface area (Å²) < 4.78 is 20.5. The number of anilines is 1. The molecule has 4 heterocycles. The van der Waals surface area contributed by atoms with Gasteiger partial charge in [-0.1, -0.05) is 6.07 Å². The van der Waals surface area contributed by atoms with E-state index >= 15 is 4.39 Å². The van der Waals surface area contributed by atoms with E-state index in [2.05, 4.69) is 37.5 Å². The number of amides is 2. The molecule has 4 N–H and O–H groups in total. The molecule has 2 aromatic heterocycles. The number of carbonyl (C=O) groups excluding carboxylic acids is 2. The van der Waals surface area contributed by atoms with Crippen molar-refractivity contribution in [1.29, 1.82) is 0 Å². The number of carbonyl (C=O) groups is 2. The highest BCUT2D eigenvalue weighted by Gasteiger charge is 2.43. The smallest absolute Gasteiger partial charge is 0.241 e. The summed E-state index contributed by atoms with van der Waals surface area (Å²) in [6, 6.07) is 12.3. The van der Waals surface area contributed by atoms with Gasteiger partial charge in [0.15, 0.2) is 0 Å². The normalized spacial score (nSPS) is 26.6. The largest absolute Gasteiger partial charge is 0.496 e. The van der Waals surface area contributed by atoms with Crippen LogP contribution in [0.15, 0.2) is 54.9 Å². The highest BCUT2D eigenvalue weighted by Crippen LogP contribution is 2.40. The van der Waals surface area contributed by atoms with E-state index in [1.165, 1.54) is 18.7 Å². The van der Waals surface area contributed by atoms with Crippen LogP contribution in [0.4, 0.5) is 10.1 Å². The summed E-state index contributed by atoms with van der Waals surface area (Å²) in [6.45, 7) is 4.46. The number of nitrogens with zero attached hydrogens (tertiary/aromatic N) is 3. The van der Waals surface area contributed by atoms with Crippen LogP contribution in [0, 0.1) is 31.5 Å². The predicted octanol–water partition coefficient (Wildman–Crippen LogP) is 3.96. The highest BCUT2D eigenvalue weighted by atomic mass is 19.1. The van der Waals surface area contributed by atoms with Gasteiger partial charge >= 0.3 is 0 Å². The molecule has 1 saturated carbocycles. The van der Waals surface area contributed by atoms with Crippen molar-refractivity contribution in [3.63, 3.8) is 0 Å². The molecule has 3 aromatic rings. The van der Waals surface area contributed by atoms with Crippen molar-refractivity contribution in [2.75, 3.05) is 19.0 Å². The molecule has 2 saturated heterocycles. The number of likely N-dealkylation sites (tertiary alicyclic amines) is 1. The van der Waals surface area contributed by atoms with E-state index in [1.807, 2.05) is 43.1 Å². The van der Waals surface area contributed by atoms with Crippen molar-refractivity contribution in [3.8, 4) is 5.75 Å².